The van der Waals surface area contributed by atoms with Crippen LogP contribution in [0.15, 0.2) is 60.9 Å². The topological polar surface area (TPSA) is 54.0 Å². The van der Waals surface area contributed by atoms with Crippen molar-refractivity contribution < 1.29 is 4.79 Å². The highest BCUT2D eigenvalue weighted by Gasteiger charge is 2.12. The summed E-state index contributed by atoms with van der Waals surface area (Å²) in [7, 11) is 1.78. The van der Waals surface area contributed by atoms with Gasteiger partial charge in [-0.1, -0.05) is 36.4 Å². The first-order valence-electron chi connectivity index (χ1n) is 6.70. The lowest BCUT2D eigenvalue weighted by molar-refractivity contribution is 0.102. The Bertz CT molecular complexity index is 793. The van der Waals surface area contributed by atoms with Gasteiger partial charge in [0.1, 0.15) is 0 Å². The van der Waals surface area contributed by atoms with Gasteiger partial charge in [-0.3, -0.25) is 9.78 Å². The summed E-state index contributed by atoms with van der Waals surface area (Å²) in [5.41, 5.74) is 2.07. The van der Waals surface area contributed by atoms with Gasteiger partial charge in [0.15, 0.2) is 0 Å². The van der Waals surface area contributed by atoms with Crippen molar-refractivity contribution in [3.8, 4) is 0 Å². The average molecular weight is 277 g/mol. The van der Waals surface area contributed by atoms with E-state index in [0.29, 0.717) is 5.56 Å². The maximum Gasteiger partial charge on any atom is 0.259 e. The van der Waals surface area contributed by atoms with Gasteiger partial charge in [-0.05, 0) is 17.5 Å². The largest absolute Gasteiger partial charge is 0.387 e. The Labute approximate surface area is 122 Å². The summed E-state index contributed by atoms with van der Waals surface area (Å²) in [6.07, 6.45) is 3.22. The standard InChI is InChI=1S/C17H15N3O/c1-18-15-9-10-19-11-14(15)17(21)20-16-8-4-6-12-5-2-3-7-13(12)16/h2-11H,1H3,(H,18,19)(H,20,21). The number of aromatic nitrogens is 1. The number of hydrogen-bond acceptors (Lipinski definition) is 3. The Hall–Kier alpha value is -2.88. The van der Waals surface area contributed by atoms with Crippen molar-refractivity contribution in [2.24, 2.45) is 0 Å². The van der Waals surface area contributed by atoms with Crippen LogP contribution in [0, 0.1) is 0 Å². The Morgan fingerprint density at radius 2 is 1.81 bits per heavy atom. The first-order valence-corrected chi connectivity index (χ1v) is 6.70. The number of carbonyl (C=O) groups excluding carboxylic acids is 1. The normalized spacial score (nSPS) is 10.3. The van der Waals surface area contributed by atoms with Gasteiger partial charge < -0.3 is 10.6 Å². The predicted molar refractivity (Wildman–Crippen MR) is 85.7 cm³/mol. The molecule has 0 aliphatic rings. The molecule has 3 aromatic rings. The molecule has 1 aromatic heterocycles. The molecule has 21 heavy (non-hydrogen) atoms. The minimum Gasteiger partial charge on any atom is -0.387 e. The summed E-state index contributed by atoms with van der Waals surface area (Å²) in [6, 6.07) is 15.6. The molecule has 0 bridgehead atoms. The third-order valence-electron chi connectivity index (χ3n) is 3.37. The SMILES string of the molecule is CNc1ccncc1C(=O)Nc1cccc2ccccc12. The predicted octanol–water partition coefficient (Wildman–Crippen LogP) is 3.53. The van der Waals surface area contributed by atoms with E-state index in [1.165, 1.54) is 0 Å². The molecular formula is C17H15N3O. The number of hydrogen-bond donors (Lipinski definition) is 2. The minimum absolute atomic E-state index is 0.177. The molecule has 0 spiro atoms. The lowest BCUT2D eigenvalue weighted by Crippen LogP contribution is -2.14. The summed E-state index contributed by atoms with van der Waals surface area (Å²) < 4.78 is 0. The number of nitrogens with zero attached hydrogens (tertiary/aromatic N) is 1. The summed E-state index contributed by atoms with van der Waals surface area (Å²) in [5, 5.41) is 8.07. The fourth-order valence-electron chi connectivity index (χ4n) is 2.32. The molecule has 0 saturated carbocycles. The van der Waals surface area contributed by atoms with Crippen molar-refractivity contribution in [1.29, 1.82) is 0 Å². The average Bonchev–Trinajstić information content (AvgIpc) is 2.55. The van der Waals surface area contributed by atoms with E-state index < -0.39 is 0 Å². The van der Waals surface area contributed by atoms with Crippen molar-refractivity contribution in [3.63, 3.8) is 0 Å². The third-order valence-corrected chi connectivity index (χ3v) is 3.37. The van der Waals surface area contributed by atoms with E-state index in [0.717, 1.165) is 22.1 Å². The van der Waals surface area contributed by atoms with Crippen LogP contribution >= 0.6 is 0 Å². The van der Waals surface area contributed by atoms with Gasteiger partial charge in [0.25, 0.3) is 5.91 Å². The van der Waals surface area contributed by atoms with Gasteiger partial charge in [0.2, 0.25) is 0 Å². The van der Waals surface area contributed by atoms with Gasteiger partial charge >= 0.3 is 0 Å². The van der Waals surface area contributed by atoms with Crippen LogP contribution in [-0.2, 0) is 0 Å². The molecule has 1 heterocycles. The number of rotatable bonds is 3. The highest BCUT2D eigenvalue weighted by atomic mass is 16.1. The monoisotopic (exact) mass is 277 g/mol. The Balaban J connectivity index is 1.97. The number of nitrogens with one attached hydrogen (secondary N) is 2. The van der Waals surface area contributed by atoms with Crippen molar-refractivity contribution in [2.75, 3.05) is 17.7 Å². The van der Waals surface area contributed by atoms with Crippen LogP contribution < -0.4 is 10.6 Å². The lowest BCUT2D eigenvalue weighted by atomic mass is 10.1. The van der Waals surface area contributed by atoms with Crippen molar-refractivity contribution in [2.45, 2.75) is 0 Å². The van der Waals surface area contributed by atoms with Crippen LogP contribution in [0.1, 0.15) is 10.4 Å². The van der Waals surface area contributed by atoms with E-state index in [1.54, 1.807) is 25.5 Å². The molecular weight excluding hydrogens is 262 g/mol. The molecule has 0 atom stereocenters. The van der Waals surface area contributed by atoms with Crippen LogP contribution in [0.5, 0.6) is 0 Å². The number of benzene rings is 2. The quantitative estimate of drug-likeness (QED) is 0.770. The maximum absolute atomic E-state index is 12.4. The van der Waals surface area contributed by atoms with Crippen LogP contribution in [0.3, 0.4) is 0 Å². The summed E-state index contributed by atoms with van der Waals surface area (Å²) in [4.78, 5) is 16.5. The molecule has 2 N–H and O–H groups in total. The van der Waals surface area contributed by atoms with E-state index in [1.807, 2.05) is 42.5 Å². The number of anilines is 2. The van der Waals surface area contributed by atoms with Gasteiger partial charge in [-0.15, -0.1) is 0 Å². The Morgan fingerprint density at radius 1 is 1.00 bits per heavy atom. The van der Waals surface area contributed by atoms with Crippen molar-refractivity contribution >= 4 is 28.1 Å². The van der Waals surface area contributed by atoms with E-state index in [9.17, 15) is 4.79 Å². The zero-order valence-corrected chi connectivity index (χ0v) is 11.6. The molecule has 2 aromatic carbocycles. The van der Waals surface area contributed by atoms with E-state index in [2.05, 4.69) is 15.6 Å². The Kier molecular flexibility index (Phi) is 3.51. The van der Waals surface area contributed by atoms with Crippen molar-refractivity contribution in [1.82, 2.24) is 4.98 Å². The molecule has 0 radical (unpaired) electrons. The van der Waals surface area contributed by atoms with Crippen molar-refractivity contribution in [3.05, 3.63) is 66.5 Å². The molecule has 0 fully saturated rings. The van der Waals surface area contributed by atoms with E-state index in [-0.39, 0.29) is 5.91 Å². The zero-order chi connectivity index (χ0) is 14.7. The molecule has 4 nitrogen and oxygen atoms in total. The number of amides is 1. The second-order valence-electron chi connectivity index (χ2n) is 4.65. The molecule has 4 heteroatoms. The summed E-state index contributed by atoms with van der Waals surface area (Å²) >= 11 is 0. The molecule has 0 aliphatic heterocycles. The third kappa shape index (κ3) is 2.56. The fourth-order valence-corrected chi connectivity index (χ4v) is 2.32. The molecule has 1 amide bonds. The highest BCUT2D eigenvalue weighted by molar-refractivity contribution is 6.11. The van der Waals surface area contributed by atoms with Crippen LogP contribution in [0.2, 0.25) is 0 Å². The van der Waals surface area contributed by atoms with Gasteiger partial charge in [0, 0.05) is 36.2 Å². The van der Waals surface area contributed by atoms with E-state index in [4.69, 9.17) is 0 Å². The number of carbonyl (C=O) groups is 1. The first-order chi connectivity index (χ1) is 10.3. The zero-order valence-electron chi connectivity index (χ0n) is 11.6. The van der Waals surface area contributed by atoms with Gasteiger partial charge in [-0.25, -0.2) is 0 Å². The molecule has 0 unspecified atom stereocenters. The second-order valence-corrected chi connectivity index (χ2v) is 4.65. The lowest BCUT2D eigenvalue weighted by Gasteiger charge is -2.11. The number of fused-ring (bicyclic) bond motifs is 1. The summed E-state index contributed by atoms with van der Waals surface area (Å²) in [6.45, 7) is 0. The van der Waals surface area contributed by atoms with Gasteiger partial charge in [0.05, 0.1) is 5.56 Å². The molecule has 104 valence electrons. The van der Waals surface area contributed by atoms with Crippen LogP contribution in [0.25, 0.3) is 10.8 Å². The van der Waals surface area contributed by atoms with Crippen LogP contribution in [-0.4, -0.2) is 17.9 Å². The maximum atomic E-state index is 12.4. The van der Waals surface area contributed by atoms with E-state index >= 15 is 0 Å². The van der Waals surface area contributed by atoms with Crippen LogP contribution in [0.4, 0.5) is 11.4 Å². The molecule has 3 rings (SSSR count). The van der Waals surface area contributed by atoms with Gasteiger partial charge in [-0.2, -0.15) is 0 Å². The minimum atomic E-state index is -0.177. The summed E-state index contributed by atoms with van der Waals surface area (Å²) in [5.74, 6) is -0.177. The first kappa shape index (κ1) is 13.1. The fraction of sp³-hybridized carbons (Fsp3) is 0.0588. The number of pyridine rings is 1. The molecule has 0 aliphatic carbocycles. The second kappa shape index (κ2) is 5.63. The highest BCUT2D eigenvalue weighted by Crippen LogP contribution is 2.24. The smallest absolute Gasteiger partial charge is 0.259 e. The molecule has 0 saturated heterocycles. The Morgan fingerprint density at radius 3 is 2.67 bits per heavy atom.